The first-order valence-corrected chi connectivity index (χ1v) is 9.03. The number of alkyl halides is 1. The fourth-order valence-corrected chi connectivity index (χ4v) is 3.46. The minimum absolute atomic E-state index is 0.0771. The van der Waals surface area contributed by atoms with Crippen LogP contribution in [0.25, 0.3) is 0 Å². The van der Waals surface area contributed by atoms with E-state index in [0.29, 0.717) is 4.68 Å². The number of aryl methyl sites for hydroxylation is 2. The fourth-order valence-electron chi connectivity index (χ4n) is 1.72. The van der Waals surface area contributed by atoms with Crippen molar-refractivity contribution >= 4 is 27.6 Å². The quantitative estimate of drug-likeness (QED) is 0.753. The van der Waals surface area contributed by atoms with Crippen molar-refractivity contribution in [2.75, 3.05) is 6.67 Å². The van der Waals surface area contributed by atoms with Gasteiger partial charge in [-0.1, -0.05) is 0 Å². The van der Waals surface area contributed by atoms with Crippen LogP contribution in [0, 0.1) is 6.92 Å². The van der Waals surface area contributed by atoms with Crippen molar-refractivity contribution in [3.05, 3.63) is 32.7 Å². The van der Waals surface area contributed by atoms with Crippen LogP contribution in [0.2, 0.25) is 0 Å². The molecule has 24 heavy (non-hydrogen) atoms. The number of carbonyl (C=O) groups is 1. The average molecular weight is 378 g/mol. The summed E-state index contributed by atoms with van der Waals surface area (Å²) in [5, 5.41) is 5.24. The zero-order valence-electron chi connectivity index (χ0n) is 12.8. The van der Waals surface area contributed by atoms with Crippen LogP contribution in [0.5, 0.6) is 0 Å². The van der Waals surface area contributed by atoms with Crippen molar-refractivity contribution in [2.45, 2.75) is 19.9 Å². The molecule has 2 heterocycles. The lowest BCUT2D eigenvalue weighted by Gasteiger charge is -2.02. The van der Waals surface area contributed by atoms with E-state index in [4.69, 9.17) is 0 Å². The van der Waals surface area contributed by atoms with E-state index in [1.807, 2.05) is 0 Å². The summed E-state index contributed by atoms with van der Waals surface area (Å²) in [7, 11) is -3.01. The SMILES string of the molecule is Cc1nn(C(=O)NS(=O)(=O)/N=c2\sccn2CCCF)c(=O)n1C. The molecular formula is C11H15FN6O4S2. The molecule has 1 amide bonds. The second kappa shape index (κ2) is 7.09. The molecule has 13 heteroatoms. The van der Waals surface area contributed by atoms with Crippen LogP contribution in [-0.2, 0) is 23.8 Å². The summed E-state index contributed by atoms with van der Waals surface area (Å²) in [6, 6.07) is -1.24. The zero-order valence-corrected chi connectivity index (χ0v) is 14.5. The highest BCUT2D eigenvalue weighted by Crippen LogP contribution is 1.96. The Hall–Kier alpha value is -2.28. The molecule has 0 bridgehead atoms. The Bertz CT molecular complexity index is 967. The molecule has 10 nitrogen and oxygen atoms in total. The van der Waals surface area contributed by atoms with Crippen LogP contribution < -0.4 is 15.2 Å². The molecule has 0 aromatic carbocycles. The Morgan fingerprint density at radius 2 is 2.21 bits per heavy atom. The molecule has 0 saturated carbocycles. The van der Waals surface area contributed by atoms with Crippen molar-refractivity contribution < 1.29 is 17.6 Å². The summed E-state index contributed by atoms with van der Waals surface area (Å²) in [6.45, 7) is 1.19. The first-order valence-electron chi connectivity index (χ1n) is 6.71. The summed E-state index contributed by atoms with van der Waals surface area (Å²) >= 11 is 1.01. The van der Waals surface area contributed by atoms with Crippen LogP contribution in [0.4, 0.5) is 9.18 Å². The number of thiazole rings is 1. The van der Waals surface area contributed by atoms with Crippen LogP contribution in [0.1, 0.15) is 12.2 Å². The molecule has 0 aliphatic carbocycles. The summed E-state index contributed by atoms with van der Waals surface area (Å²) in [5.74, 6) is 0.242. The molecule has 0 fully saturated rings. The maximum absolute atomic E-state index is 12.2. The highest BCUT2D eigenvalue weighted by Gasteiger charge is 2.19. The summed E-state index contributed by atoms with van der Waals surface area (Å²) in [4.78, 5) is 23.7. The Morgan fingerprint density at radius 3 is 2.79 bits per heavy atom. The van der Waals surface area contributed by atoms with Gasteiger partial charge in [-0.05, 0) is 13.3 Å². The molecule has 2 aromatic rings. The second-order valence-electron chi connectivity index (χ2n) is 4.70. The minimum Gasteiger partial charge on any atom is -0.323 e. The van der Waals surface area contributed by atoms with Crippen molar-refractivity contribution in [3.8, 4) is 0 Å². The van der Waals surface area contributed by atoms with Gasteiger partial charge in [0.25, 0.3) is 0 Å². The third kappa shape index (κ3) is 3.97. The third-order valence-corrected chi connectivity index (χ3v) is 4.75. The number of halogens is 1. The van der Waals surface area contributed by atoms with E-state index in [9.17, 15) is 22.4 Å². The lowest BCUT2D eigenvalue weighted by atomic mass is 10.5. The van der Waals surface area contributed by atoms with Crippen LogP contribution in [-0.4, -0.2) is 40.0 Å². The summed E-state index contributed by atoms with van der Waals surface area (Å²) < 4.78 is 44.3. The first-order chi connectivity index (χ1) is 11.2. The van der Waals surface area contributed by atoms with Gasteiger partial charge in [0.2, 0.25) is 4.80 Å². The number of nitrogens with one attached hydrogen (secondary N) is 1. The summed E-state index contributed by atoms with van der Waals surface area (Å²) in [5.41, 5.74) is -0.783. The topological polar surface area (TPSA) is 120 Å². The van der Waals surface area contributed by atoms with E-state index in [-0.39, 0.29) is 23.6 Å². The van der Waals surface area contributed by atoms with Gasteiger partial charge >= 0.3 is 21.9 Å². The fraction of sp³-hybridized carbons (Fsp3) is 0.455. The zero-order chi connectivity index (χ0) is 17.9. The van der Waals surface area contributed by atoms with Gasteiger partial charge in [0.1, 0.15) is 5.82 Å². The van der Waals surface area contributed by atoms with Gasteiger partial charge in [0.05, 0.1) is 6.67 Å². The van der Waals surface area contributed by atoms with Crippen LogP contribution in [0.3, 0.4) is 0 Å². The smallest absolute Gasteiger partial charge is 0.323 e. The highest BCUT2D eigenvalue weighted by atomic mass is 32.2. The number of hydrogen-bond donors (Lipinski definition) is 1. The van der Waals surface area contributed by atoms with E-state index in [0.717, 1.165) is 15.9 Å². The maximum Gasteiger partial charge on any atom is 0.361 e. The molecule has 0 radical (unpaired) electrons. The molecule has 1 N–H and O–H groups in total. The van der Waals surface area contributed by atoms with Crippen molar-refractivity contribution in [2.24, 2.45) is 11.4 Å². The molecule has 2 rings (SSSR count). The number of rotatable bonds is 5. The minimum atomic E-state index is -4.41. The van der Waals surface area contributed by atoms with E-state index in [2.05, 4.69) is 9.50 Å². The Kier molecular flexibility index (Phi) is 5.33. The van der Waals surface area contributed by atoms with E-state index >= 15 is 0 Å². The number of hydrogen-bond acceptors (Lipinski definition) is 6. The monoisotopic (exact) mass is 378 g/mol. The van der Waals surface area contributed by atoms with Crippen LogP contribution in [0.15, 0.2) is 20.8 Å². The molecule has 0 saturated heterocycles. The van der Waals surface area contributed by atoms with Gasteiger partial charge in [-0.2, -0.15) is 8.42 Å². The molecule has 132 valence electrons. The summed E-state index contributed by atoms with van der Waals surface area (Å²) in [6.07, 6.45) is 1.77. The van der Waals surface area contributed by atoms with Gasteiger partial charge in [-0.3, -0.25) is 8.96 Å². The number of nitrogens with zero attached hydrogens (tertiary/aromatic N) is 5. The average Bonchev–Trinajstić information content (AvgIpc) is 3.03. The van der Waals surface area contributed by atoms with Gasteiger partial charge in [0.15, 0.2) is 0 Å². The molecular weight excluding hydrogens is 363 g/mol. The van der Waals surface area contributed by atoms with E-state index in [1.54, 1.807) is 16.3 Å². The van der Waals surface area contributed by atoms with Crippen molar-refractivity contribution in [1.29, 1.82) is 0 Å². The molecule has 0 unspecified atom stereocenters. The van der Waals surface area contributed by atoms with Crippen molar-refractivity contribution in [3.63, 3.8) is 0 Å². The van der Waals surface area contributed by atoms with Crippen molar-refractivity contribution in [1.82, 2.24) is 23.6 Å². The Balaban J connectivity index is 2.27. The lowest BCUT2D eigenvalue weighted by Crippen LogP contribution is -2.40. The van der Waals surface area contributed by atoms with Crippen LogP contribution >= 0.6 is 11.3 Å². The molecule has 0 atom stereocenters. The third-order valence-electron chi connectivity index (χ3n) is 3.00. The first kappa shape index (κ1) is 18.1. The van der Waals surface area contributed by atoms with Gasteiger partial charge < -0.3 is 4.57 Å². The highest BCUT2D eigenvalue weighted by molar-refractivity contribution is 7.88. The predicted octanol–water partition coefficient (Wildman–Crippen LogP) is -0.484. The van der Waals surface area contributed by atoms with Gasteiger partial charge in [-0.25, -0.2) is 14.3 Å². The second-order valence-corrected chi connectivity index (χ2v) is 6.91. The van der Waals surface area contributed by atoms with E-state index in [1.165, 1.54) is 18.5 Å². The number of aromatic nitrogens is 4. The maximum atomic E-state index is 12.2. The molecule has 0 aliphatic rings. The normalized spacial score (nSPS) is 12.5. The lowest BCUT2D eigenvalue weighted by molar-refractivity contribution is 0.243. The Labute approximate surface area is 140 Å². The standard InChI is InChI=1S/C11H15FN6O4S2/c1-8-13-18(11(20)16(8)2)9(19)14-24(21,22)15-10-17(5-3-4-12)6-7-23-10/h6-7H,3-5H2,1-2H3,(H,14,19)/b15-10-. The number of carbonyl (C=O) groups excluding carboxylic acids is 1. The molecule has 0 spiro atoms. The predicted molar refractivity (Wildman–Crippen MR) is 83.5 cm³/mol. The van der Waals surface area contributed by atoms with Gasteiger partial charge in [0, 0.05) is 25.2 Å². The molecule has 2 aromatic heterocycles. The number of amides is 1. The largest absolute Gasteiger partial charge is 0.361 e. The van der Waals surface area contributed by atoms with E-state index < -0.39 is 28.6 Å². The molecule has 0 aliphatic heterocycles. The van der Waals surface area contributed by atoms with Gasteiger partial charge in [-0.15, -0.1) is 25.5 Å². The Morgan fingerprint density at radius 1 is 1.50 bits per heavy atom.